The minimum atomic E-state index is -1.35. The van der Waals surface area contributed by atoms with Crippen molar-refractivity contribution < 1.29 is 23.9 Å². The van der Waals surface area contributed by atoms with E-state index in [0.717, 1.165) is 10.5 Å². The molecule has 8 heteroatoms. The zero-order valence-corrected chi connectivity index (χ0v) is 24.6. The molecule has 0 unspecified atom stereocenters. The zero-order chi connectivity index (χ0) is 29.4. The van der Waals surface area contributed by atoms with Gasteiger partial charge in [-0.3, -0.25) is 19.3 Å². The first-order chi connectivity index (χ1) is 19.4. The maximum Gasteiger partial charge on any atom is 0.330 e. The van der Waals surface area contributed by atoms with E-state index >= 15 is 0 Å². The summed E-state index contributed by atoms with van der Waals surface area (Å²) in [5.74, 6) is -4.91. The number of alkyl halides is 2. The summed E-state index contributed by atoms with van der Waals surface area (Å²) in [6.07, 6.45) is -1.12. The molecule has 7 rings (SSSR count). The Bertz CT molecular complexity index is 1490. The van der Waals surface area contributed by atoms with Crippen molar-refractivity contribution in [2.24, 2.45) is 17.8 Å². The molecular formula is C33H29Cl2NO5. The number of likely N-dealkylation sites (tertiary alicyclic amines) is 1. The molecule has 0 spiro atoms. The van der Waals surface area contributed by atoms with Crippen molar-refractivity contribution in [1.82, 2.24) is 4.90 Å². The molecule has 3 aromatic rings. The van der Waals surface area contributed by atoms with E-state index in [0.29, 0.717) is 27.8 Å². The molecule has 4 aliphatic rings. The Balaban J connectivity index is 1.39. The van der Waals surface area contributed by atoms with Crippen LogP contribution in [0.5, 0.6) is 0 Å². The number of ketones is 1. The summed E-state index contributed by atoms with van der Waals surface area (Å²) in [6.45, 7) is 6.85. The third kappa shape index (κ3) is 3.70. The number of halogens is 2. The Labute approximate surface area is 248 Å². The van der Waals surface area contributed by atoms with Gasteiger partial charge in [-0.15, -0.1) is 23.2 Å². The van der Waals surface area contributed by atoms with E-state index in [-0.39, 0.29) is 5.78 Å². The van der Waals surface area contributed by atoms with Crippen LogP contribution in [0, 0.1) is 24.7 Å². The summed E-state index contributed by atoms with van der Waals surface area (Å²) in [4.78, 5) is 53.6. The number of hydrogen-bond donors (Lipinski definition) is 0. The highest BCUT2D eigenvalue weighted by atomic mass is 35.5. The molecule has 41 heavy (non-hydrogen) atoms. The lowest BCUT2D eigenvalue weighted by atomic mass is 9.54. The summed E-state index contributed by atoms with van der Waals surface area (Å²) in [6, 6.07) is 20.4. The number of esters is 1. The highest BCUT2D eigenvalue weighted by Crippen LogP contribution is 2.69. The van der Waals surface area contributed by atoms with Crippen LogP contribution >= 0.6 is 23.2 Å². The highest BCUT2D eigenvalue weighted by molar-refractivity contribution is 6.36. The average molecular weight is 591 g/mol. The number of hydrogen-bond acceptors (Lipinski definition) is 5. The van der Waals surface area contributed by atoms with Crippen LogP contribution in [0.25, 0.3) is 0 Å². The average Bonchev–Trinajstić information content (AvgIpc) is 3.22. The van der Waals surface area contributed by atoms with Gasteiger partial charge in [-0.05, 0) is 42.0 Å². The third-order valence-corrected chi connectivity index (χ3v) is 10.1. The first-order valence-corrected chi connectivity index (χ1v) is 14.5. The van der Waals surface area contributed by atoms with Crippen LogP contribution in [0.3, 0.4) is 0 Å². The number of Topliss-reactive ketones (excluding diaryl/α,β-unsaturated/α-hetero) is 1. The molecule has 210 valence electrons. The molecule has 3 aromatic carbocycles. The second-order valence-corrected chi connectivity index (χ2v) is 12.7. The molecule has 1 heterocycles. The zero-order valence-electron chi connectivity index (χ0n) is 23.1. The van der Waals surface area contributed by atoms with Crippen molar-refractivity contribution >= 4 is 46.8 Å². The van der Waals surface area contributed by atoms with E-state index < -0.39 is 57.4 Å². The summed E-state index contributed by atoms with van der Waals surface area (Å²) in [5, 5.41) is 0. The Morgan fingerprint density at radius 3 is 1.56 bits per heavy atom. The highest BCUT2D eigenvalue weighted by Gasteiger charge is 2.74. The van der Waals surface area contributed by atoms with Gasteiger partial charge in [0.25, 0.3) is 0 Å². The molecule has 0 N–H and O–H groups in total. The van der Waals surface area contributed by atoms with Crippen molar-refractivity contribution in [2.75, 3.05) is 0 Å². The quantitative estimate of drug-likeness (QED) is 0.159. The van der Waals surface area contributed by atoms with Gasteiger partial charge in [0.15, 0.2) is 6.10 Å². The van der Waals surface area contributed by atoms with Crippen LogP contribution < -0.4 is 0 Å². The fourth-order valence-electron chi connectivity index (χ4n) is 6.89. The standard InChI is InChI=1S/C33H29Cl2NO5/c1-17(2)27(31(40)41-19(4)28(37)20-15-13-18(3)14-16-20)36-29(38)25-26(30(36)39)33(35)22-10-6-5-9-21(22)32(25,34)23-11-7-8-12-24(23)33/h5-17,19,25-27H,1-4H3/t19-,25-,26+,27+,32?,33?/m1/s1. The molecule has 0 saturated carbocycles. The molecule has 0 aromatic heterocycles. The first-order valence-electron chi connectivity index (χ1n) is 13.7. The van der Waals surface area contributed by atoms with Crippen molar-refractivity contribution in [1.29, 1.82) is 0 Å². The number of nitrogens with zero attached hydrogens (tertiary/aromatic N) is 1. The molecule has 3 aliphatic carbocycles. The van der Waals surface area contributed by atoms with Crippen LogP contribution in [-0.2, 0) is 28.9 Å². The monoisotopic (exact) mass is 589 g/mol. The van der Waals surface area contributed by atoms with Crippen molar-refractivity contribution in [2.45, 2.75) is 49.6 Å². The SMILES string of the molecule is Cc1ccc(C(=O)[C@@H](C)OC(=O)[C@H](C(C)C)N2C(=O)[C@@H]3[C@H](C2=O)C2(Cl)c4ccccc4C3(Cl)c3ccccc32)cc1. The summed E-state index contributed by atoms with van der Waals surface area (Å²) in [5.41, 5.74) is 4.12. The van der Waals surface area contributed by atoms with Crippen molar-refractivity contribution in [3.05, 3.63) is 106 Å². The molecule has 1 saturated heterocycles. The largest absolute Gasteiger partial charge is 0.453 e. The maximum atomic E-state index is 14.3. The predicted molar refractivity (Wildman–Crippen MR) is 155 cm³/mol. The number of rotatable bonds is 6. The Morgan fingerprint density at radius 2 is 1.17 bits per heavy atom. The summed E-state index contributed by atoms with van der Waals surface area (Å²) >= 11 is 15.0. The van der Waals surface area contributed by atoms with E-state index in [1.165, 1.54) is 6.92 Å². The molecule has 1 fully saturated rings. The minimum Gasteiger partial charge on any atom is -0.453 e. The molecule has 2 bridgehead atoms. The predicted octanol–water partition coefficient (Wildman–Crippen LogP) is 5.73. The van der Waals surface area contributed by atoms with Gasteiger partial charge >= 0.3 is 5.97 Å². The van der Waals surface area contributed by atoms with Gasteiger partial charge in [0.2, 0.25) is 17.6 Å². The van der Waals surface area contributed by atoms with E-state index in [2.05, 4.69) is 0 Å². The maximum absolute atomic E-state index is 14.3. The van der Waals surface area contributed by atoms with Gasteiger partial charge in [-0.1, -0.05) is 92.2 Å². The molecule has 1 aliphatic heterocycles. The number of imide groups is 1. The van der Waals surface area contributed by atoms with Crippen LogP contribution in [0.15, 0.2) is 72.8 Å². The van der Waals surface area contributed by atoms with Gasteiger partial charge in [-0.25, -0.2) is 4.79 Å². The van der Waals surface area contributed by atoms with Crippen LogP contribution in [0.1, 0.15) is 58.9 Å². The fraction of sp³-hybridized carbons (Fsp3) is 0.333. The van der Waals surface area contributed by atoms with Gasteiger partial charge in [0.05, 0.1) is 11.8 Å². The topological polar surface area (TPSA) is 80.8 Å². The Kier molecular flexibility index (Phi) is 6.44. The number of ether oxygens (including phenoxy) is 1. The van der Waals surface area contributed by atoms with Gasteiger partial charge in [0, 0.05) is 5.56 Å². The number of carbonyl (C=O) groups is 4. The third-order valence-electron chi connectivity index (χ3n) is 8.77. The number of carbonyl (C=O) groups excluding carboxylic acids is 4. The molecule has 0 radical (unpaired) electrons. The van der Waals surface area contributed by atoms with Gasteiger partial charge in [-0.2, -0.15) is 0 Å². The van der Waals surface area contributed by atoms with E-state index in [9.17, 15) is 19.2 Å². The lowest BCUT2D eigenvalue weighted by molar-refractivity contribution is -0.162. The van der Waals surface area contributed by atoms with E-state index in [1.54, 1.807) is 38.1 Å². The van der Waals surface area contributed by atoms with Gasteiger partial charge in [0.1, 0.15) is 15.8 Å². The number of aryl methyl sites for hydroxylation is 1. The van der Waals surface area contributed by atoms with E-state index in [4.69, 9.17) is 27.9 Å². The van der Waals surface area contributed by atoms with Crippen LogP contribution in [-0.4, -0.2) is 40.6 Å². The lowest BCUT2D eigenvalue weighted by Gasteiger charge is -2.54. The second-order valence-electron chi connectivity index (χ2n) is 11.5. The fourth-order valence-corrected chi connectivity index (χ4v) is 7.99. The Morgan fingerprint density at radius 1 is 0.756 bits per heavy atom. The van der Waals surface area contributed by atoms with Crippen molar-refractivity contribution in [3.8, 4) is 0 Å². The van der Waals surface area contributed by atoms with Crippen LogP contribution in [0.2, 0.25) is 0 Å². The smallest absolute Gasteiger partial charge is 0.330 e. The summed E-state index contributed by atoms with van der Waals surface area (Å²) in [7, 11) is 0. The minimum absolute atomic E-state index is 0.378. The normalized spacial score (nSPS) is 27.2. The number of amides is 2. The Hall–Kier alpha value is -3.48. The molecule has 2 amide bonds. The van der Waals surface area contributed by atoms with Crippen LogP contribution in [0.4, 0.5) is 0 Å². The molecular weight excluding hydrogens is 561 g/mol. The van der Waals surface area contributed by atoms with Gasteiger partial charge < -0.3 is 4.74 Å². The summed E-state index contributed by atoms with van der Waals surface area (Å²) < 4.78 is 5.63. The first kappa shape index (κ1) is 27.7. The lowest BCUT2D eigenvalue weighted by Crippen LogP contribution is -2.57. The number of benzene rings is 3. The van der Waals surface area contributed by atoms with E-state index in [1.807, 2.05) is 55.5 Å². The second kappa shape index (κ2) is 9.53. The molecule has 4 atom stereocenters. The molecule has 6 nitrogen and oxygen atoms in total. The van der Waals surface area contributed by atoms with Crippen molar-refractivity contribution in [3.63, 3.8) is 0 Å².